The molecule has 0 radical (unpaired) electrons. The van der Waals surface area contributed by atoms with Crippen LogP contribution in [0.5, 0.6) is 0 Å². The van der Waals surface area contributed by atoms with Crippen molar-refractivity contribution in [3.8, 4) is 0 Å². The Bertz CT molecular complexity index is 763. The van der Waals surface area contributed by atoms with Crippen molar-refractivity contribution in [3.05, 3.63) is 12.2 Å². The quantitative estimate of drug-likeness (QED) is 0.0250. The summed E-state index contributed by atoms with van der Waals surface area (Å²) in [5.41, 5.74) is 5.29. The SMILES string of the molecule is CCCCCCCC/C=C\CCCCCCCC(=O)OC[C@H](COP(=O)(O)OCCN)OC(=O)CCCCCCCC=O. The molecule has 2 atom stereocenters. The van der Waals surface area contributed by atoms with E-state index in [2.05, 4.69) is 19.1 Å². The number of unbranched alkanes of at least 4 members (excludes halogenated alkanes) is 16. The van der Waals surface area contributed by atoms with Crippen LogP contribution >= 0.6 is 7.82 Å². The van der Waals surface area contributed by atoms with Crippen LogP contribution in [-0.4, -0.2) is 55.6 Å². The van der Waals surface area contributed by atoms with E-state index in [1.165, 1.54) is 44.9 Å². The summed E-state index contributed by atoms with van der Waals surface area (Å²) >= 11 is 0. The molecule has 0 aromatic rings. The molecule has 0 bridgehead atoms. The lowest BCUT2D eigenvalue weighted by Crippen LogP contribution is -2.29. The van der Waals surface area contributed by atoms with E-state index in [0.717, 1.165) is 64.1 Å². The lowest BCUT2D eigenvalue weighted by molar-refractivity contribution is -0.161. The van der Waals surface area contributed by atoms with E-state index in [1.807, 2.05) is 0 Å². The second-order valence-electron chi connectivity index (χ2n) is 11.0. The van der Waals surface area contributed by atoms with Gasteiger partial charge in [0.2, 0.25) is 0 Å². The fraction of sp³-hybridized carbons (Fsp3) is 0.844. The van der Waals surface area contributed by atoms with Gasteiger partial charge in [0.05, 0.1) is 13.2 Å². The van der Waals surface area contributed by atoms with Crippen molar-refractivity contribution in [3.63, 3.8) is 0 Å². The summed E-state index contributed by atoms with van der Waals surface area (Å²) in [4.78, 5) is 44.7. The van der Waals surface area contributed by atoms with Gasteiger partial charge in [-0.25, -0.2) is 4.57 Å². The third kappa shape index (κ3) is 30.2. The number of allylic oxidation sites excluding steroid dienone is 2. The molecule has 0 aromatic heterocycles. The number of carbonyl (C=O) groups excluding carboxylic acids is 3. The Balaban J connectivity index is 4.20. The van der Waals surface area contributed by atoms with Crippen molar-refractivity contribution in [1.29, 1.82) is 0 Å². The van der Waals surface area contributed by atoms with Crippen molar-refractivity contribution in [2.45, 2.75) is 148 Å². The zero-order valence-electron chi connectivity index (χ0n) is 26.7. The van der Waals surface area contributed by atoms with Crippen molar-refractivity contribution in [2.24, 2.45) is 5.73 Å². The first-order valence-electron chi connectivity index (χ1n) is 16.6. The van der Waals surface area contributed by atoms with Crippen molar-refractivity contribution < 1.29 is 42.4 Å². The molecule has 3 N–H and O–H groups in total. The van der Waals surface area contributed by atoms with E-state index >= 15 is 0 Å². The van der Waals surface area contributed by atoms with Crippen LogP contribution in [-0.2, 0) is 37.5 Å². The Labute approximate surface area is 260 Å². The van der Waals surface area contributed by atoms with Gasteiger partial charge in [-0.3, -0.25) is 18.6 Å². The zero-order chi connectivity index (χ0) is 31.9. The van der Waals surface area contributed by atoms with Crippen LogP contribution in [0.4, 0.5) is 0 Å². The van der Waals surface area contributed by atoms with E-state index < -0.39 is 32.5 Å². The van der Waals surface area contributed by atoms with Gasteiger partial charge in [0.1, 0.15) is 12.9 Å². The van der Waals surface area contributed by atoms with E-state index in [0.29, 0.717) is 19.3 Å². The standard InChI is InChI=1S/C32H60NO9P/c1-2-3-4-5-6-7-8-9-10-11-12-13-14-17-20-23-31(35)39-28-30(29-41-43(37,38)40-27-25-33)42-32(36)24-21-18-15-16-19-22-26-34/h9-10,26,30H,2-8,11-25,27-29,33H2,1H3,(H,37,38)/b10-9-/t30-/m1/s1. The van der Waals surface area contributed by atoms with Crippen LogP contribution in [0.25, 0.3) is 0 Å². The van der Waals surface area contributed by atoms with Crippen molar-refractivity contribution in [2.75, 3.05) is 26.4 Å². The zero-order valence-corrected chi connectivity index (χ0v) is 27.6. The molecule has 0 aromatic carbocycles. The van der Waals surface area contributed by atoms with Gasteiger partial charge in [-0.2, -0.15) is 0 Å². The molecule has 0 amide bonds. The first kappa shape index (κ1) is 41.4. The van der Waals surface area contributed by atoms with Gasteiger partial charge in [-0.15, -0.1) is 0 Å². The van der Waals surface area contributed by atoms with Crippen LogP contribution in [0.3, 0.4) is 0 Å². The normalized spacial score (nSPS) is 13.6. The highest BCUT2D eigenvalue weighted by Crippen LogP contribution is 2.43. The Morgan fingerprint density at radius 1 is 0.721 bits per heavy atom. The Hall–Kier alpha value is -1.58. The van der Waals surface area contributed by atoms with Gasteiger partial charge in [0, 0.05) is 25.8 Å². The van der Waals surface area contributed by atoms with Gasteiger partial charge in [-0.1, -0.05) is 89.7 Å². The highest BCUT2D eigenvalue weighted by atomic mass is 31.2. The third-order valence-corrected chi connectivity index (χ3v) is 7.85. The number of ether oxygens (including phenoxy) is 2. The second-order valence-corrected chi connectivity index (χ2v) is 12.4. The van der Waals surface area contributed by atoms with Crippen LogP contribution in [0.2, 0.25) is 0 Å². The lowest BCUT2D eigenvalue weighted by Gasteiger charge is -2.19. The molecule has 0 aliphatic heterocycles. The molecule has 0 saturated heterocycles. The average molecular weight is 634 g/mol. The number of rotatable bonds is 32. The summed E-state index contributed by atoms with van der Waals surface area (Å²) in [5, 5.41) is 0. The number of hydrogen-bond donors (Lipinski definition) is 2. The molecule has 0 rings (SSSR count). The Morgan fingerprint density at radius 3 is 1.79 bits per heavy atom. The number of aldehydes is 1. The molecule has 1 unspecified atom stereocenters. The van der Waals surface area contributed by atoms with Crippen LogP contribution in [0.15, 0.2) is 12.2 Å². The molecule has 0 aliphatic rings. The summed E-state index contributed by atoms with van der Waals surface area (Å²) in [6, 6.07) is 0. The summed E-state index contributed by atoms with van der Waals surface area (Å²) in [7, 11) is -4.38. The molecule has 0 saturated carbocycles. The molecule has 252 valence electrons. The van der Waals surface area contributed by atoms with E-state index in [-0.39, 0.29) is 32.6 Å². The van der Waals surface area contributed by atoms with Crippen molar-refractivity contribution in [1.82, 2.24) is 0 Å². The largest absolute Gasteiger partial charge is 0.472 e. The highest BCUT2D eigenvalue weighted by molar-refractivity contribution is 7.47. The number of esters is 2. The Morgan fingerprint density at radius 2 is 1.23 bits per heavy atom. The molecular weight excluding hydrogens is 573 g/mol. The summed E-state index contributed by atoms with van der Waals surface area (Å²) < 4.78 is 32.3. The van der Waals surface area contributed by atoms with E-state index in [9.17, 15) is 23.8 Å². The molecule has 0 spiro atoms. The average Bonchev–Trinajstić information content (AvgIpc) is 2.99. The maximum atomic E-state index is 12.3. The number of nitrogens with two attached hydrogens (primary N) is 1. The first-order chi connectivity index (χ1) is 20.8. The molecule has 0 aliphatic carbocycles. The van der Waals surface area contributed by atoms with Gasteiger partial charge < -0.3 is 24.9 Å². The summed E-state index contributed by atoms with van der Waals surface area (Å²) in [5.74, 6) is -0.925. The van der Waals surface area contributed by atoms with Gasteiger partial charge >= 0.3 is 19.8 Å². The molecule has 43 heavy (non-hydrogen) atoms. The summed E-state index contributed by atoms with van der Waals surface area (Å²) in [6.45, 7) is 1.36. The number of carbonyl (C=O) groups is 3. The first-order valence-corrected chi connectivity index (χ1v) is 18.1. The minimum Gasteiger partial charge on any atom is -0.462 e. The van der Waals surface area contributed by atoms with Gasteiger partial charge in [0.25, 0.3) is 0 Å². The highest BCUT2D eigenvalue weighted by Gasteiger charge is 2.25. The topological polar surface area (TPSA) is 151 Å². The predicted octanol–water partition coefficient (Wildman–Crippen LogP) is 7.50. The van der Waals surface area contributed by atoms with Gasteiger partial charge in [-0.05, 0) is 44.9 Å². The minimum atomic E-state index is -4.38. The van der Waals surface area contributed by atoms with Crippen LogP contribution < -0.4 is 5.73 Å². The van der Waals surface area contributed by atoms with E-state index in [4.69, 9.17) is 24.3 Å². The van der Waals surface area contributed by atoms with E-state index in [1.54, 1.807) is 0 Å². The molecule has 10 nitrogen and oxygen atoms in total. The molecule has 11 heteroatoms. The number of phosphoric ester groups is 1. The van der Waals surface area contributed by atoms with Crippen molar-refractivity contribution >= 4 is 26.0 Å². The fourth-order valence-corrected chi connectivity index (χ4v) is 5.13. The Kier molecular flexibility index (Phi) is 29.3. The molecule has 0 fully saturated rings. The predicted molar refractivity (Wildman–Crippen MR) is 169 cm³/mol. The number of phosphoric acid groups is 1. The second kappa shape index (κ2) is 30.4. The van der Waals surface area contributed by atoms with Crippen LogP contribution in [0.1, 0.15) is 142 Å². The fourth-order valence-electron chi connectivity index (χ4n) is 4.37. The molecule has 0 heterocycles. The van der Waals surface area contributed by atoms with Gasteiger partial charge in [0.15, 0.2) is 6.10 Å². The maximum absolute atomic E-state index is 12.3. The molecular formula is C32H60NO9P. The van der Waals surface area contributed by atoms with Crippen LogP contribution in [0, 0.1) is 0 Å². The minimum absolute atomic E-state index is 0.0371. The maximum Gasteiger partial charge on any atom is 0.472 e. The third-order valence-electron chi connectivity index (χ3n) is 6.87. The monoisotopic (exact) mass is 633 g/mol. The summed E-state index contributed by atoms with van der Waals surface area (Å²) in [6.07, 6.45) is 24.7. The number of hydrogen-bond acceptors (Lipinski definition) is 9. The smallest absolute Gasteiger partial charge is 0.462 e. The lowest BCUT2D eigenvalue weighted by atomic mass is 10.1.